The fourth-order valence-corrected chi connectivity index (χ4v) is 6.03. The number of carbonyl (C=O) groups excluding carboxylic acids is 1. The Labute approximate surface area is 200 Å². The average molecular weight is 490 g/mol. The Hall–Kier alpha value is -2.04. The molecule has 0 unspecified atom stereocenters. The Morgan fingerprint density at radius 3 is 2.72 bits per heavy atom. The van der Waals surface area contributed by atoms with Crippen molar-refractivity contribution < 1.29 is 4.79 Å². The number of fused-ring (bicyclic) bond motifs is 1. The number of anilines is 2. The summed E-state index contributed by atoms with van der Waals surface area (Å²) in [7, 11) is 0. The molecule has 170 valence electrons. The molecule has 0 bridgehead atoms. The molecule has 2 aromatic heterocycles. The summed E-state index contributed by atoms with van der Waals surface area (Å²) in [6.45, 7) is 5.86. The fourth-order valence-electron chi connectivity index (χ4n) is 3.66. The van der Waals surface area contributed by atoms with Crippen molar-refractivity contribution in [2.75, 3.05) is 35.3 Å². The SMILES string of the molecule is CSc1cccc(NC(=O)CSc2nc3nc(N4CCCCC4)sc3c(=O)n2C(C)C)c1. The molecular formula is C22H27N5O2S3. The molecule has 0 atom stereocenters. The maximum atomic E-state index is 13.3. The zero-order valence-electron chi connectivity index (χ0n) is 18.5. The van der Waals surface area contributed by atoms with Gasteiger partial charge in [0.25, 0.3) is 5.56 Å². The van der Waals surface area contributed by atoms with E-state index in [-0.39, 0.29) is 23.3 Å². The second kappa shape index (κ2) is 10.3. The van der Waals surface area contributed by atoms with E-state index in [9.17, 15) is 9.59 Å². The predicted molar refractivity (Wildman–Crippen MR) is 136 cm³/mol. The molecule has 3 heterocycles. The van der Waals surface area contributed by atoms with Crippen LogP contribution in [-0.4, -0.2) is 45.5 Å². The van der Waals surface area contributed by atoms with Gasteiger partial charge in [0.05, 0.1) is 5.75 Å². The van der Waals surface area contributed by atoms with Gasteiger partial charge in [-0.1, -0.05) is 29.2 Å². The normalized spacial score (nSPS) is 14.3. The number of thioether (sulfide) groups is 2. The van der Waals surface area contributed by atoms with E-state index in [1.807, 2.05) is 44.4 Å². The lowest BCUT2D eigenvalue weighted by atomic mass is 10.1. The summed E-state index contributed by atoms with van der Waals surface area (Å²) in [6, 6.07) is 7.67. The first-order chi connectivity index (χ1) is 15.5. The van der Waals surface area contributed by atoms with Crippen LogP contribution in [0.3, 0.4) is 0 Å². The maximum Gasteiger partial charge on any atom is 0.274 e. The number of benzene rings is 1. The number of hydrogen-bond acceptors (Lipinski definition) is 8. The first-order valence-corrected chi connectivity index (χ1v) is 13.7. The molecule has 0 radical (unpaired) electrons. The zero-order chi connectivity index (χ0) is 22.7. The standard InChI is InChI=1S/C22H27N5O2S3/c1-14(2)27-20(29)18-19(24-21(32-18)26-10-5-4-6-11-26)25-22(27)31-13-17(28)23-15-8-7-9-16(12-15)30-3/h7-9,12,14H,4-6,10-11,13H2,1-3H3,(H,23,28). The third-order valence-corrected chi connectivity index (χ3v) is 8.02. The number of piperidine rings is 1. The molecule has 4 rings (SSSR count). The molecule has 1 N–H and O–H groups in total. The number of thiazole rings is 1. The van der Waals surface area contributed by atoms with Crippen LogP contribution < -0.4 is 15.8 Å². The first-order valence-electron chi connectivity index (χ1n) is 10.7. The highest BCUT2D eigenvalue weighted by Crippen LogP contribution is 2.30. The highest BCUT2D eigenvalue weighted by molar-refractivity contribution is 7.99. The summed E-state index contributed by atoms with van der Waals surface area (Å²) in [4.78, 5) is 38.5. The van der Waals surface area contributed by atoms with Crippen LogP contribution in [0, 0.1) is 0 Å². The van der Waals surface area contributed by atoms with Crippen LogP contribution in [0.2, 0.25) is 0 Å². The molecular weight excluding hydrogens is 462 g/mol. The topological polar surface area (TPSA) is 80.1 Å². The van der Waals surface area contributed by atoms with Crippen molar-refractivity contribution in [3.05, 3.63) is 34.6 Å². The number of hydrogen-bond donors (Lipinski definition) is 1. The summed E-state index contributed by atoms with van der Waals surface area (Å²) in [5.41, 5.74) is 1.16. The number of nitrogens with one attached hydrogen (secondary N) is 1. The van der Waals surface area contributed by atoms with Crippen LogP contribution in [0.1, 0.15) is 39.2 Å². The molecule has 32 heavy (non-hydrogen) atoms. The third kappa shape index (κ3) is 5.13. The second-order valence-electron chi connectivity index (χ2n) is 7.93. The Morgan fingerprint density at radius 1 is 1.22 bits per heavy atom. The van der Waals surface area contributed by atoms with Crippen LogP contribution in [0.15, 0.2) is 39.1 Å². The molecule has 7 nitrogen and oxygen atoms in total. The molecule has 1 saturated heterocycles. The van der Waals surface area contributed by atoms with E-state index < -0.39 is 0 Å². The van der Waals surface area contributed by atoms with Crippen molar-refractivity contribution in [2.45, 2.75) is 49.2 Å². The van der Waals surface area contributed by atoms with Crippen molar-refractivity contribution in [1.82, 2.24) is 14.5 Å². The van der Waals surface area contributed by atoms with Crippen LogP contribution >= 0.6 is 34.9 Å². The highest BCUT2D eigenvalue weighted by Gasteiger charge is 2.21. The molecule has 1 aliphatic heterocycles. The fraction of sp³-hybridized carbons (Fsp3) is 0.455. The number of nitrogens with zero attached hydrogens (tertiary/aromatic N) is 4. The summed E-state index contributed by atoms with van der Waals surface area (Å²) < 4.78 is 2.26. The zero-order valence-corrected chi connectivity index (χ0v) is 20.9. The van der Waals surface area contributed by atoms with Gasteiger partial charge in [-0.2, -0.15) is 4.98 Å². The molecule has 3 aromatic rings. The minimum atomic E-state index is -0.134. The van der Waals surface area contributed by atoms with Gasteiger partial charge in [0.15, 0.2) is 15.9 Å². The molecule has 0 saturated carbocycles. The van der Waals surface area contributed by atoms with E-state index in [4.69, 9.17) is 4.98 Å². The number of aromatic nitrogens is 3. The smallest absolute Gasteiger partial charge is 0.274 e. The minimum absolute atomic E-state index is 0.0660. The second-order valence-corrected chi connectivity index (χ2v) is 10.7. The Bertz CT molecular complexity index is 1170. The lowest BCUT2D eigenvalue weighted by Gasteiger charge is -2.25. The summed E-state index contributed by atoms with van der Waals surface area (Å²) >= 11 is 4.33. The molecule has 1 aliphatic rings. The largest absolute Gasteiger partial charge is 0.348 e. The first kappa shape index (κ1) is 23.1. The third-order valence-electron chi connectivity index (χ3n) is 5.25. The number of rotatable bonds is 7. The predicted octanol–water partition coefficient (Wildman–Crippen LogP) is 4.88. The van der Waals surface area contributed by atoms with Crippen LogP contribution in [0.4, 0.5) is 10.8 Å². The molecule has 1 fully saturated rings. The Kier molecular flexibility index (Phi) is 7.42. The van der Waals surface area contributed by atoms with Gasteiger partial charge >= 0.3 is 0 Å². The lowest BCUT2D eigenvalue weighted by molar-refractivity contribution is -0.113. The van der Waals surface area contributed by atoms with Gasteiger partial charge in [-0.15, -0.1) is 11.8 Å². The van der Waals surface area contributed by atoms with Gasteiger partial charge in [-0.25, -0.2) is 4.98 Å². The maximum absolute atomic E-state index is 13.3. The van der Waals surface area contributed by atoms with Crippen LogP contribution in [0.25, 0.3) is 10.3 Å². The number of amides is 1. The van der Waals surface area contributed by atoms with E-state index in [0.717, 1.165) is 41.6 Å². The lowest BCUT2D eigenvalue weighted by Crippen LogP contribution is -2.29. The van der Waals surface area contributed by atoms with E-state index >= 15 is 0 Å². The van der Waals surface area contributed by atoms with Gasteiger partial charge in [-0.05, 0) is 57.6 Å². The van der Waals surface area contributed by atoms with Crippen molar-refractivity contribution in [3.63, 3.8) is 0 Å². The van der Waals surface area contributed by atoms with E-state index in [0.29, 0.717) is 15.5 Å². The molecule has 0 aliphatic carbocycles. The molecule has 1 aromatic carbocycles. The highest BCUT2D eigenvalue weighted by atomic mass is 32.2. The van der Waals surface area contributed by atoms with Crippen molar-refractivity contribution >= 4 is 61.9 Å². The van der Waals surface area contributed by atoms with Gasteiger partial charge < -0.3 is 10.2 Å². The van der Waals surface area contributed by atoms with Crippen LogP contribution in [0.5, 0.6) is 0 Å². The summed E-state index contributed by atoms with van der Waals surface area (Å²) in [5, 5.41) is 4.32. The average Bonchev–Trinajstić information content (AvgIpc) is 3.23. The van der Waals surface area contributed by atoms with Crippen molar-refractivity contribution in [2.24, 2.45) is 0 Å². The van der Waals surface area contributed by atoms with Gasteiger partial charge in [0.2, 0.25) is 5.91 Å². The summed E-state index contributed by atoms with van der Waals surface area (Å²) in [6.07, 6.45) is 5.54. The van der Waals surface area contributed by atoms with Gasteiger partial charge in [0, 0.05) is 29.7 Å². The van der Waals surface area contributed by atoms with Crippen molar-refractivity contribution in [1.29, 1.82) is 0 Å². The van der Waals surface area contributed by atoms with Crippen molar-refractivity contribution in [3.8, 4) is 0 Å². The quantitative estimate of drug-likeness (QED) is 0.374. The Morgan fingerprint density at radius 2 is 2.00 bits per heavy atom. The molecule has 0 spiro atoms. The molecule has 10 heteroatoms. The van der Waals surface area contributed by atoms with Gasteiger partial charge in [0.1, 0.15) is 4.70 Å². The van der Waals surface area contributed by atoms with E-state index in [1.165, 1.54) is 29.5 Å². The number of carbonyl (C=O) groups is 1. The Balaban J connectivity index is 1.56. The van der Waals surface area contributed by atoms with Gasteiger partial charge in [-0.3, -0.25) is 14.2 Å². The molecule has 1 amide bonds. The van der Waals surface area contributed by atoms with Crippen LogP contribution in [-0.2, 0) is 4.79 Å². The van der Waals surface area contributed by atoms with E-state index in [1.54, 1.807) is 16.3 Å². The minimum Gasteiger partial charge on any atom is -0.348 e. The monoisotopic (exact) mass is 489 g/mol. The summed E-state index contributed by atoms with van der Waals surface area (Å²) in [5.74, 6) is 0.0299. The van der Waals surface area contributed by atoms with E-state index in [2.05, 4.69) is 15.2 Å².